The van der Waals surface area contributed by atoms with Crippen molar-refractivity contribution in [2.45, 2.75) is 342 Å². The summed E-state index contributed by atoms with van der Waals surface area (Å²) in [4.78, 5) is 93.1. The molecule has 0 bridgehead atoms. The molecule has 16 rings (SSSR count). The summed E-state index contributed by atoms with van der Waals surface area (Å²) in [6, 6.07) is -5.35. The van der Waals surface area contributed by atoms with E-state index in [4.69, 9.17) is 20.1 Å². The first-order valence-electron chi connectivity index (χ1n) is 45.4. The van der Waals surface area contributed by atoms with Crippen LogP contribution in [0.15, 0.2) is 22.3 Å². The van der Waals surface area contributed by atoms with Crippen LogP contribution in [0.25, 0.3) is 0 Å². The van der Waals surface area contributed by atoms with Gasteiger partial charge in [-0.25, -0.2) is 25.3 Å². The van der Waals surface area contributed by atoms with E-state index in [0.717, 1.165) is 101 Å². The number of nitrogens with zero attached hydrogens (tertiary/aromatic N) is 2. The van der Waals surface area contributed by atoms with Crippen LogP contribution in [-0.2, 0) is 87.2 Å². The number of Topliss-reactive ketones (excluding diaryl/α,β-unsaturated/α-hetero) is 4. The number of ketones is 4. The SMILES string of the molecule is CN1C(=O)C(C(=O)C2CCCC(S(=O)(=O)[O-])C2)=C2C3CCCCC3C(=O)C3C(NC4CC(NC5NC(N)NC(NC6CCC(CC7CCC(NC8NC(N)NC(NC9CC(NC%10CCC%11C%12C(=C(C(=O)C%13CCCC(SOO[O-])C%13)C(=O)N%11C)C%11CCCCC%11C(=O)C%10%12)C(S(=O)(=O)[O-])CC9SOO[O-])N8)CC7)CC6)N5)C(S(=O)(=O)[O-])CC4SOO[O-])CCC1C23.[Li+].[Li+].[Li+].[Li+].[Li+].[Li+]. The zero-order valence-electron chi connectivity index (χ0n) is 76.3. The van der Waals surface area contributed by atoms with E-state index in [1.54, 1.807) is 23.9 Å². The topological polar surface area (TPSA) is 601 Å². The third-order valence-corrected chi connectivity index (χ3v) is 38.3. The van der Waals surface area contributed by atoms with Crippen LogP contribution in [0.2, 0.25) is 0 Å². The molecule has 4 heterocycles. The molecule has 52 heteroatoms. The van der Waals surface area contributed by atoms with E-state index in [2.05, 4.69) is 83.3 Å². The maximum absolute atomic E-state index is 15.3. The number of rotatable bonds is 30. The molecule has 30 unspecified atom stereocenters. The molecule has 16 aliphatic rings. The second-order valence-electron chi connectivity index (χ2n) is 38.7. The summed E-state index contributed by atoms with van der Waals surface area (Å²) in [5.74, 6) is -6.36. The summed E-state index contributed by atoms with van der Waals surface area (Å²) in [6.07, 6.45) is 13.6. The van der Waals surface area contributed by atoms with Crippen molar-refractivity contribution in [3.05, 3.63) is 22.3 Å². The number of carbonyl (C=O) groups excluding carboxylic acids is 6. The van der Waals surface area contributed by atoms with E-state index in [0.29, 0.717) is 131 Å². The number of fused-ring (bicyclic) bond motifs is 4. The molecule has 2 saturated heterocycles. The van der Waals surface area contributed by atoms with Gasteiger partial charge in [-0.2, -0.15) is 13.0 Å². The van der Waals surface area contributed by atoms with Gasteiger partial charge in [-0.05, 0) is 208 Å². The Kier molecular flexibility index (Phi) is 42.8. The predicted molar refractivity (Wildman–Crippen MR) is 442 cm³/mol. The summed E-state index contributed by atoms with van der Waals surface area (Å²) in [5, 5.41) is 80.3. The van der Waals surface area contributed by atoms with Crippen molar-refractivity contribution in [2.75, 3.05) is 14.1 Å². The molecule has 40 nitrogen and oxygen atoms in total. The van der Waals surface area contributed by atoms with Gasteiger partial charge in [-0.1, -0.05) is 38.5 Å². The Bertz CT molecular complexity index is 4350. The average molecular weight is 1910 g/mol. The molecule has 0 radical (unpaired) electrons. The summed E-state index contributed by atoms with van der Waals surface area (Å²) in [7, 11) is -11.5. The van der Waals surface area contributed by atoms with Crippen molar-refractivity contribution < 1.29 is 225 Å². The summed E-state index contributed by atoms with van der Waals surface area (Å²) in [5.41, 5.74) is 14.8. The van der Waals surface area contributed by atoms with Gasteiger partial charge < -0.3 is 61.3 Å². The normalized spacial score (nSPS) is 41.0. The van der Waals surface area contributed by atoms with Crippen LogP contribution in [0, 0.1) is 71.0 Å². The fraction of sp³-hybridized carbons (Fsp3) is 0.873. The molecule has 12 aliphatic carbocycles. The summed E-state index contributed by atoms with van der Waals surface area (Å²) < 4.78 is 132. The van der Waals surface area contributed by atoms with Crippen LogP contribution in [0.4, 0.5) is 0 Å². The number of nitrogens with one attached hydrogen (secondary N) is 12. The molecular weight excluding hydrogens is 1790 g/mol. The molecule has 0 aromatic carbocycles. The van der Waals surface area contributed by atoms with Crippen molar-refractivity contribution >= 4 is 101 Å². The fourth-order valence-corrected chi connectivity index (χ4v) is 31.7. The number of carbonyl (C=O) groups is 6. The van der Waals surface area contributed by atoms with Gasteiger partial charge in [0, 0.05) is 163 Å². The standard InChI is InChI=1S/C79H128N16O24S6.6Li/c1-94-55-28-26-49(63-65(55)60(44-13-3-6-16-47(44)71(63)99)66(72(94)100)68(96)38-9-7-11-42(30-38)120-117-114-102)85-52-33-51(57(122-119-116-104)35-58(52)124(108,109)110)86-78-90-74(80)88-76(92-78)82-40-21-17-36(18-22-40)29-37-19-23-41(24-20-37)83-77-89-75(81)91-79(93-77)87-53-32-50(56(121-118-115-103)34-59(53)125(111,112)113)84-48-25-27-54-64-61(45-14-4-5-15-46(45)70(98)62(48)64)67(73(101)95(54)2)69(97)39-10-8-12-43(31-39)123(105,106)107;;;;;;/h36-59,62-65,74-79,82-93,102-104H,3-35,80-81H2,1-2H3,(H,105,106,107)(H,108,109,110)(H,111,112,113);;;;;;/q;6*+1/p-6. The number of amides is 2. The first-order valence-corrected chi connectivity index (χ1v) is 52.2. The number of likely N-dealkylation sites (N-methyl/N-ethyl adjacent to an activating group) is 2. The molecule has 12 saturated carbocycles. The maximum atomic E-state index is 15.3. The van der Waals surface area contributed by atoms with Gasteiger partial charge in [0.05, 0.1) is 67.8 Å². The van der Waals surface area contributed by atoms with Crippen molar-refractivity contribution in [1.82, 2.24) is 73.6 Å². The minimum Gasteiger partial charge on any atom is -0.748 e. The molecule has 2 amide bonds. The number of hydrogen-bond donors (Lipinski definition) is 14. The van der Waals surface area contributed by atoms with Gasteiger partial charge in [0.1, 0.15) is 49.3 Å². The van der Waals surface area contributed by atoms with E-state index < -0.39 is 202 Å². The van der Waals surface area contributed by atoms with Gasteiger partial charge in [0.2, 0.25) is 0 Å². The Morgan fingerprint density at radius 1 is 0.397 bits per heavy atom. The molecule has 0 aromatic rings. The van der Waals surface area contributed by atoms with E-state index >= 15 is 14.4 Å². The molecule has 4 aliphatic heterocycles. The van der Waals surface area contributed by atoms with E-state index in [9.17, 15) is 69.1 Å². The Balaban J connectivity index is 0.00000297. The molecule has 704 valence electrons. The van der Waals surface area contributed by atoms with Gasteiger partial charge in [-0.3, -0.25) is 97.0 Å². The van der Waals surface area contributed by atoms with E-state index in [1.807, 2.05) is 0 Å². The zero-order valence-corrected chi connectivity index (χ0v) is 81.2. The minimum atomic E-state index is -5.06. The van der Waals surface area contributed by atoms with Crippen LogP contribution in [0.3, 0.4) is 0 Å². The largest absolute Gasteiger partial charge is 1.00 e. The van der Waals surface area contributed by atoms with Gasteiger partial charge in [0.25, 0.3) is 11.8 Å². The molecule has 0 spiro atoms. The third-order valence-electron chi connectivity index (χ3n) is 31.9. The second-order valence-corrected chi connectivity index (χ2v) is 46.4. The molecule has 0 aromatic heterocycles. The molecule has 16 N–H and O–H groups in total. The number of hydrogen-bond acceptors (Lipinski definition) is 41. The van der Waals surface area contributed by atoms with Crippen LogP contribution < -0.4 is 204 Å². The second kappa shape index (κ2) is 49.4. The van der Waals surface area contributed by atoms with Gasteiger partial charge in [0.15, 0.2) is 11.6 Å². The summed E-state index contributed by atoms with van der Waals surface area (Å²) >= 11 is 2.06. The first-order chi connectivity index (χ1) is 59.8. The minimum absolute atomic E-state index is 0. The molecule has 131 heavy (non-hydrogen) atoms. The molecule has 14 fully saturated rings. The van der Waals surface area contributed by atoms with Crippen LogP contribution in [-0.4, -0.2) is 227 Å². The Labute approximate surface area is 852 Å². The van der Waals surface area contributed by atoms with Crippen LogP contribution in [0.5, 0.6) is 0 Å². The van der Waals surface area contributed by atoms with Gasteiger partial charge in [-0.15, -0.1) is 0 Å². The third kappa shape index (κ3) is 25.6. The van der Waals surface area contributed by atoms with Crippen molar-refractivity contribution in [1.29, 1.82) is 0 Å². The smallest absolute Gasteiger partial charge is 0.748 e. The van der Waals surface area contributed by atoms with Crippen molar-refractivity contribution in [3.8, 4) is 0 Å². The quantitative estimate of drug-likeness (QED) is 0.00793. The first kappa shape index (κ1) is 113. The van der Waals surface area contributed by atoms with Gasteiger partial charge >= 0.3 is 113 Å². The maximum Gasteiger partial charge on any atom is 1.00 e. The fourth-order valence-electron chi connectivity index (χ4n) is 26.3. The zero-order chi connectivity index (χ0) is 88.2. The Morgan fingerprint density at radius 2 is 0.771 bits per heavy atom. The molecular formula is C79H122Li6N16O24S6. The van der Waals surface area contributed by atoms with Crippen LogP contribution >= 0.6 is 36.1 Å². The van der Waals surface area contributed by atoms with Crippen molar-refractivity contribution in [2.24, 2.45) is 82.5 Å². The Morgan fingerprint density at radius 3 is 1.19 bits per heavy atom. The van der Waals surface area contributed by atoms with Crippen LogP contribution in [0.1, 0.15) is 212 Å². The van der Waals surface area contributed by atoms with Crippen molar-refractivity contribution in [3.63, 3.8) is 0 Å². The monoisotopic (exact) mass is 1910 g/mol. The predicted octanol–water partition coefficient (Wildman–Crippen LogP) is -19.9. The summed E-state index contributed by atoms with van der Waals surface area (Å²) in [6.45, 7) is 0. The average Bonchev–Trinajstić information content (AvgIpc) is 0.708. The Hall–Kier alpha value is 0.544. The number of nitrogens with two attached hydrogens (primary N) is 2. The van der Waals surface area contributed by atoms with E-state index in [1.165, 1.54) is 0 Å². The molecule has 30 atom stereocenters. The van der Waals surface area contributed by atoms with E-state index in [-0.39, 0.29) is 215 Å².